The zero-order valence-corrected chi connectivity index (χ0v) is 12.7. The smallest absolute Gasteiger partial charge is 0.246 e. The number of halogens is 1. The summed E-state index contributed by atoms with van der Waals surface area (Å²) in [5.41, 5.74) is 0.832. The van der Waals surface area contributed by atoms with Crippen molar-refractivity contribution in [3.8, 4) is 0 Å². The van der Waals surface area contributed by atoms with E-state index in [-0.39, 0.29) is 17.8 Å². The van der Waals surface area contributed by atoms with Crippen LogP contribution in [-0.4, -0.2) is 36.6 Å². The first kappa shape index (κ1) is 15.2. The van der Waals surface area contributed by atoms with Gasteiger partial charge in [-0.15, -0.1) is 0 Å². The van der Waals surface area contributed by atoms with Gasteiger partial charge in [-0.2, -0.15) is 0 Å². The second-order valence-electron chi connectivity index (χ2n) is 6.21. The number of carbonyl (C=O) groups is 1. The van der Waals surface area contributed by atoms with E-state index in [9.17, 15) is 9.18 Å². The summed E-state index contributed by atoms with van der Waals surface area (Å²) in [7, 11) is 0. The first-order valence-electron chi connectivity index (χ1n) is 8.05. The summed E-state index contributed by atoms with van der Waals surface area (Å²) in [5.74, 6) is 0.411. The summed E-state index contributed by atoms with van der Waals surface area (Å²) in [6.07, 6.45) is 8.08. The van der Waals surface area contributed by atoms with E-state index in [0.29, 0.717) is 12.5 Å². The maximum Gasteiger partial charge on any atom is 0.246 e. The lowest BCUT2D eigenvalue weighted by Crippen LogP contribution is -2.37. The largest absolute Gasteiger partial charge is 0.376 e. The van der Waals surface area contributed by atoms with Gasteiger partial charge in [0.15, 0.2) is 0 Å². The normalized spacial score (nSPS) is 21.4. The third-order valence-electron chi connectivity index (χ3n) is 4.22. The number of ether oxygens (including phenoxy) is 1. The van der Waals surface area contributed by atoms with Crippen molar-refractivity contribution >= 4 is 12.0 Å². The molecule has 1 aromatic carbocycles. The lowest BCUT2D eigenvalue weighted by atomic mass is 10.2. The minimum Gasteiger partial charge on any atom is -0.376 e. The molecule has 1 saturated carbocycles. The van der Waals surface area contributed by atoms with E-state index in [0.717, 1.165) is 31.6 Å². The quantitative estimate of drug-likeness (QED) is 0.755. The molecule has 0 N–H and O–H groups in total. The summed E-state index contributed by atoms with van der Waals surface area (Å²) in [5, 5.41) is 0. The second-order valence-corrected chi connectivity index (χ2v) is 6.21. The van der Waals surface area contributed by atoms with Crippen molar-refractivity contribution in [3.63, 3.8) is 0 Å². The Morgan fingerprint density at radius 1 is 1.23 bits per heavy atom. The summed E-state index contributed by atoms with van der Waals surface area (Å²) in [4.78, 5) is 14.4. The molecule has 1 atom stereocenters. The monoisotopic (exact) mass is 303 g/mol. The third kappa shape index (κ3) is 4.41. The highest BCUT2D eigenvalue weighted by Crippen LogP contribution is 2.30. The predicted molar refractivity (Wildman–Crippen MR) is 83.7 cm³/mol. The van der Waals surface area contributed by atoms with Gasteiger partial charge < -0.3 is 9.64 Å². The summed E-state index contributed by atoms with van der Waals surface area (Å²) in [6, 6.07) is 6.14. The molecule has 0 radical (unpaired) electrons. The van der Waals surface area contributed by atoms with Crippen LogP contribution in [0.3, 0.4) is 0 Å². The van der Waals surface area contributed by atoms with Gasteiger partial charge in [0.1, 0.15) is 5.82 Å². The van der Waals surface area contributed by atoms with E-state index in [4.69, 9.17) is 4.74 Å². The fourth-order valence-electron chi connectivity index (χ4n) is 2.75. The standard InChI is InChI=1S/C18H22FNO2/c19-16-8-5-14(6-9-16)7-10-18(21)20(12-15-3-4-15)13-17-2-1-11-22-17/h5-10,15,17H,1-4,11-13H2/b10-7+. The maximum atomic E-state index is 12.9. The van der Waals surface area contributed by atoms with E-state index < -0.39 is 0 Å². The molecule has 1 saturated heterocycles. The van der Waals surface area contributed by atoms with Crippen LogP contribution in [-0.2, 0) is 9.53 Å². The Bertz CT molecular complexity index is 531. The summed E-state index contributed by atoms with van der Waals surface area (Å²) in [6.45, 7) is 2.32. The Morgan fingerprint density at radius 3 is 2.64 bits per heavy atom. The fraction of sp³-hybridized carbons (Fsp3) is 0.500. The van der Waals surface area contributed by atoms with E-state index in [1.165, 1.54) is 25.0 Å². The average Bonchev–Trinajstić information content (AvgIpc) is 3.19. The van der Waals surface area contributed by atoms with Crippen LogP contribution in [0.5, 0.6) is 0 Å². The molecule has 4 heteroatoms. The SMILES string of the molecule is O=C(/C=C/c1ccc(F)cc1)N(CC1CC1)CC1CCCO1. The lowest BCUT2D eigenvalue weighted by molar-refractivity contribution is -0.127. The van der Waals surface area contributed by atoms with Crippen molar-refractivity contribution in [2.75, 3.05) is 19.7 Å². The number of nitrogens with zero attached hydrogens (tertiary/aromatic N) is 1. The van der Waals surface area contributed by atoms with Gasteiger partial charge in [0.25, 0.3) is 0 Å². The van der Waals surface area contributed by atoms with Crippen LogP contribution in [0.1, 0.15) is 31.2 Å². The van der Waals surface area contributed by atoms with Gasteiger partial charge in [-0.25, -0.2) is 4.39 Å². The van der Waals surface area contributed by atoms with Crippen molar-refractivity contribution in [3.05, 3.63) is 41.7 Å². The fourth-order valence-corrected chi connectivity index (χ4v) is 2.75. The van der Waals surface area contributed by atoms with Gasteiger partial charge in [0.05, 0.1) is 6.10 Å². The third-order valence-corrected chi connectivity index (χ3v) is 4.22. The molecule has 2 aliphatic rings. The van der Waals surface area contributed by atoms with Crippen molar-refractivity contribution in [1.82, 2.24) is 4.90 Å². The van der Waals surface area contributed by atoms with E-state index in [2.05, 4.69) is 0 Å². The zero-order chi connectivity index (χ0) is 15.4. The van der Waals surface area contributed by atoms with Gasteiger partial charge in [0, 0.05) is 25.8 Å². The second kappa shape index (κ2) is 7.05. The van der Waals surface area contributed by atoms with Crippen molar-refractivity contribution in [2.45, 2.75) is 31.8 Å². The average molecular weight is 303 g/mol. The van der Waals surface area contributed by atoms with Gasteiger partial charge >= 0.3 is 0 Å². The topological polar surface area (TPSA) is 29.5 Å². The van der Waals surface area contributed by atoms with E-state index in [1.54, 1.807) is 24.3 Å². The Hall–Kier alpha value is -1.68. The van der Waals surface area contributed by atoms with Crippen LogP contribution < -0.4 is 0 Å². The lowest BCUT2D eigenvalue weighted by Gasteiger charge is -2.24. The molecule has 1 amide bonds. The Balaban J connectivity index is 1.60. The molecule has 3 nitrogen and oxygen atoms in total. The van der Waals surface area contributed by atoms with Gasteiger partial charge in [-0.1, -0.05) is 12.1 Å². The van der Waals surface area contributed by atoms with Crippen LogP contribution in [0.25, 0.3) is 6.08 Å². The molecular weight excluding hydrogens is 281 g/mol. The number of rotatable bonds is 6. The molecule has 3 rings (SSSR count). The first-order chi connectivity index (χ1) is 10.7. The predicted octanol–water partition coefficient (Wildman–Crippen LogP) is 3.26. The minimum atomic E-state index is -0.266. The highest BCUT2D eigenvalue weighted by Gasteiger charge is 2.28. The van der Waals surface area contributed by atoms with Gasteiger partial charge in [0.2, 0.25) is 5.91 Å². The molecular formula is C18H22FNO2. The molecule has 1 unspecified atom stereocenters. The number of hydrogen-bond acceptors (Lipinski definition) is 2. The van der Waals surface area contributed by atoms with E-state index >= 15 is 0 Å². The summed E-state index contributed by atoms with van der Waals surface area (Å²) >= 11 is 0. The number of amides is 1. The van der Waals surface area contributed by atoms with Crippen molar-refractivity contribution in [1.29, 1.82) is 0 Å². The molecule has 0 aromatic heterocycles. The van der Waals surface area contributed by atoms with Crippen molar-refractivity contribution < 1.29 is 13.9 Å². The van der Waals surface area contributed by atoms with Crippen LogP contribution in [0, 0.1) is 11.7 Å². The number of hydrogen-bond donors (Lipinski definition) is 0. The Morgan fingerprint density at radius 2 is 2.00 bits per heavy atom. The van der Waals surface area contributed by atoms with Crippen LogP contribution >= 0.6 is 0 Å². The first-order valence-corrected chi connectivity index (χ1v) is 8.05. The van der Waals surface area contributed by atoms with Gasteiger partial charge in [-0.3, -0.25) is 4.79 Å². The molecule has 1 aliphatic carbocycles. The maximum absolute atomic E-state index is 12.9. The van der Waals surface area contributed by atoms with Gasteiger partial charge in [-0.05, 0) is 55.4 Å². The Labute approximate surface area is 130 Å². The summed E-state index contributed by atoms with van der Waals surface area (Å²) < 4.78 is 18.5. The van der Waals surface area contributed by atoms with Crippen LogP contribution in [0.4, 0.5) is 4.39 Å². The molecule has 1 heterocycles. The van der Waals surface area contributed by atoms with E-state index in [1.807, 2.05) is 4.90 Å². The molecule has 118 valence electrons. The molecule has 1 aliphatic heterocycles. The van der Waals surface area contributed by atoms with Crippen LogP contribution in [0.2, 0.25) is 0 Å². The molecule has 22 heavy (non-hydrogen) atoms. The molecule has 1 aromatic rings. The molecule has 0 spiro atoms. The van der Waals surface area contributed by atoms with Crippen LogP contribution in [0.15, 0.2) is 30.3 Å². The number of carbonyl (C=O) groups excluding carboxylic acids is 1. The molecule has 0 bridgehead atoms. The highest BCUT2D eigenvalue weighted by molar-refractivity contribution is 5.91. The zero-order valence-electron chi connectivity index (χ0n) is 12.7. The molecule has 2 fully saturated rings. The minimum absolute atomic E-state index is 0.0201. The highest BCUT2D eigenvalue weighted by atomic mass is 19.1. The number of benzene rings is 1. The van der Waals surface area contributed by atoms with Crippen molar-refractivity contribution in [2.24, 2.45) is 5.92 Å². The Kier molecular flexibility index (Phi) is 4.88.